The average Bonchev–Trinajstić information content (AvgIpc) is 2.44. The smallest absolute Gasteiger partial charge is 0.124 e. The topological polar surface area (TPSA) is 21.3 Å². The Hall–Kier alpha value is -0.740. The summed E-state index contributed by atoms with van der Waals surface area (Å²) in [7, 11) is 3.56. The molecule has 20 heavy (non-hydrogen) atoms. The third-order valence-electron chi connectivity index (χ3n) is 3.07. The maximum absolute atomic E-state index is 6.11. The van der Waals surface area contributed by atoms with Crippen molar-refractivity contribution in [2.45, 2.75) is 6.04 Å². The molecule has 2 aromatic rings. The fourth-order valence-corrected chi connectivity index (χ4v) is 2.81. The van der Waals surface area contributed by atoms with Gasteiger partial charge >= 0.3 is 0 Å². The van der Waals surface area contributed by atoms with Gasteiger partial charge in [0.1, 0.15) is 5.75 Å². The molecule has 0 heterocycles. The number of ether oxygens (including phenoxy) is 1. The van der Waals surface area contributed by atoms with E-state index in [9.17, 15) is 0 Å². The Morgan fingerprint density at radius 2 is 1.85 bits per heavy atom. The first kappa shape index (κ1) is 15.6. The summed E-state index contributed by atoms with van der Waals surface area (Å²) in [6.07, 6.45) is 0. The second-order valence-corrected chi connectivity index (χ2v) is 6.01. The minimum absolute atomic E-state index is 0.0304. The summed E-state index contributed by atoms with van der Waals surface area (Å²) < 4.78 is 6.43. The van der Waals surface area contributed by atoms with Crippen LogP contribution in [0, 0.1) is 0 Å². The van der Waals surface area contributed by atoms with Gasteiger partial charge in [-0.05, 0) is 42.9 Å². The molecular formula is C15H14BrCl2NO. The van der Waals surface area contributed by atoms with Crippen LogP contribution in [-0.2, 0) is 0 Å². The van der Waals surface area contributed by atoms with Gasteiger partial charge in [0.15, 0.2) is 0 Å². The molecule has 2 aromatic carbocycles. The van der Waals surface area contributed by atoms with E-state index in [0.29, 0.717) is 10.0 Å². The Bertz CT molecular complexity index is 619. The summed E-state index contributed by atoms with van der Waals surface area (Å²) in [5.41, 5.74) is 2.06. The summed E-state index contributed by atoms with van der Waals surface area (Å²) in [5.74, 6) is 0.818. The van der Waals surface area contributed by atoms with Crippen molar-refractivity contribution >= 4 is 39.1 Å². The maximum Gasteiger partial charge on any atom is 0.124 e. The van der Waals surface area contributed by atoms with Crippen molar-refractivity contribution in [1.82, 2.24) is 5.32 Å². The summed E-state index contributed by atoms with van der Waals surface area (Å²) >= 11 is 15.6. The molecule has 0 spiro atoms. The van der Waals surface area contributed by atoms with E-state index in [1.54, 1.807) is 13.2 Å². The highest BCUT2D eigenvalue weighted by Gasteiger charge is 2.18. The predicted octanol–water partition coefficient (Wildman–Crippen LogP) is 5.07. The quantitative estimate of drug-likeness (QED) is 0.806. The van der Waals surface area contributed by atoms with E-state index in [1.807, 2.05) is 37.4 Å². The second kappa shape index (κ2) is 6.81. The molecule has 0 aromatic heterocycles. The molecule has 0 aliphatic carbocycles. The lowest BCUT2D eigenvalue weighted by Gasteiger charge is -2.20. The van der Waals surface area contributed by atoms with Gasteiger partial charge in [-0.25, -0.2) is 0 Å². The van der Waals surface area contributed by atoms with Gasteiger partial charge in [-0.3, -0.25) is 0 Å². The van der Waals surface area contributed by atoms with Crippen LogP contribution in [0.1, 0.15) is 17.2 Å². The molecule has 0 saturated heterocycles. The van der Waals surface area contributed by atoms with Crippen molar-refractivity contribution in [3.05, 3.63) is 62.0 Å². The molecule has 1 N–H and O–H groups in total. The van der Waals surface area contributed by atoms with E-state index in [-0.39, 0.29) is 6.04 Å². The van der Waals surface area contributed by atoms with Gasteiger partial charge in [-0.2, -0.15) is 0 Å². The fourth-order valence-electron chi connectivity index (χ4n) is 2.12. The highest BCUT2D eigenvalue weighted by atomic mass is 79.9. The zero-order valence-electron chi connectivity index (χ0n) is 11.1. The van der Waals surface area contributed by atoms with Gasteiger partial charge < -0.3 is 10.1 Å². The third kappa shape index (κ3) is 3.29. The van der Waals surface area contributed by atoms with E-state index in [4.69, 9.17) is 27.9 Å². The van der Waals surface area contributed by atoms with Gasteiger partial charge in [0, 0.05) is 10.0 Å². The number of rotatable bonds is 4. The van der Waals surface area contributed by atoms with E-state index < -0.39 is 0 Å². The zero-order valence-corrected chi connectivity index (χ0v) is 14.2. The van der Waals surface area contributed by atoms with Gasteiger partial charge in [-0.1, -0.05) is 45.2 Å². The van der Waals surface area contributed by atoms with E-state index in [0.717, 1.165) is 21.3 Å². The van der Waals surface area contributed by atoms with Crippen LogP contribution < -0.4 is 10.1 Å². The molecule has 0 saturated carbocycles. The van der Waals surface area contributed by atoms with Crippen LogP contribution in [0.25, 0.3) is 0 Å². The first-order valence-corrected chi connectivity index (χ1v) is 7.57. The van der Waals surface area contributed by atoms with Gasteiger partial charge in [0.2, 0.25) is 0 Å². The van der Waals surface area contributed by atoms with Crippen LogP contribution in [0.15, 0.2) is 40.9 Å². The number of methoxy groups -OCH3 is 1. The van der Waals surface area contributed by atoms with E-state index in [1.165, 1.54) is 0 Å². The number of hydrogen-bond acceptors (Lipinski definition) is 2. The molecule has 1 atom stereocenters. The SMILES string of the molecule is CNC(c1ccc(Cl)c(Cl)c1)c1cc(Br)ccc1OC. The summed E-state index contributed by atoms with van der Waals surface area (Å²) in [6.45, 7) is 0. The van der Waals surface area contributed by atoms with Crippen LogP contribution in [-0.4, -0.2) is 14.2 Å². The lowest BCUT2D eigenvalue weighted by molar-refractivity contribution is 0.405. The molecule has 0 aliphatic heterocycles. The lowest BCUT2D eigenvalue weighted by atomic mass is 9.98. The van der Waals surface area contributed by atoms with Crippen molar-refractivity contribution in [2.24, 2.45) is 0 Å². The summed E-state index contributed by atoms with van der Waals surface area (Å²) in [4.78, 5) is 0. The number of nitrogens with one attached hydrogen (secondary N) is 1. The Kier molecular flexibility index (Phi) is 5.33. The van der Waals surface area contributed by atoms with Crippen molar-refractivity contribution in [2.75, 3.05) is 14.2 Å². The summed E-state index contributed by atoms with van der Waals surface area (Å²) in [6, 6.07) is 11.5. The Morgan fingerprint density at radius 3 is 2.45 bits per heavy atom. The van der Waals surface area contributed by atoms with Crippen molar-refractivity contribution in [3.63, 3.8) is 0 Å². The molecule has 0 amide bonds. The standard InChI is InChI=1S/C15H14BrCl2NO/c1-19-15(9-3-5-12(17)13(18)7-9)11-8-10(16)4-6-14(11)20-2/h3-8,15,19H,1-2H3. The van der Waals surface area contributed by atoms with Crippen LogP contribution in [0.3, 0.4) is 0 Å². The van der Waals surface area contributed by atoms with Gasteiger partial charge in [0.05, 0.1) is 23.2 Å². The number of benzene rings is 2. The Morgan fingerprint density at radius 1 is 1.10 bits per heavy atom. The van der Waals surface area contributed by atoms with Gasteiger partial charge in [0.25, 0.3) is 0 Å². The second-order valence-electron chi connectivity index (χ2n) is 4.28. The van der Waals surface area contributed by atoms with Crippen molar-refractivity contribution in [1.29, 1.82) is 0 Å². The maximum atomic E-state index is 6.11. The normalized spacial score (nSPS) is 12.2. The average molecular weight is 375 g/mol. The fraction of sp³-hybridized carbons (Fsp3) is 0.200. The monoisotopic (exact) mass is 373 g/mol. The zero-order chi connectivity index (χ0) is 14.7. The van der Waals surface area contributed by atoms with Crippen molar-refractivity contribution < 1.29 is 4.74 Å². The van der Waals surface area contributed by atoms with E-state index >= 15 is 0 Å². The predicted molar refractivity (Wildman–Crippen MR) is 88.1 cm³/mol. The van der Waals surface area contributed by atoms with Crippen LogP contribution in [0.2, 0.25) is 10.0 Å². The molecule has 0 aliphatic rings. The molecular weight excluding hydrogens is 361 g/mol. The Labute approximate surface area is 137 Å². The number of hydrogen-bond donors (Lipinski definition) is 1. The summed E-state index contributed by atoms with van der Waals surface area (Å²) in [5, 5.41) is 4.37. The molecule has 2 nitrogen and oxygen atoms in total. The van der Waals surface area contributed by atoms with E-state index in [2.05, 4.69) is 21.2 Å². The van der Waals surface area contributed by atoms with Gasteiger partial charge in [-0.15, -0.1) is 0 Å². The number of halogens is 3. The molecule has 0 fully saturated rings. The first-order valence-electron chi connectivity index (χ1n) is 6.02. The molecule has 2 rings (SSSR count). The highest BCUT2D eigenvalue weighted by Crippen LogP contribution is 2.34. The molecule has 5 heteroatoms. The minimum atomic E-state index is -0.0304. The molecule has 1 unspecified atom stereocenters. The van der Waals surface area contributed by atoms with Crippen LogP contribution in [0.5, 0.6) is 5.75 Å². The lowest BCUT2D eigenvalue weighted by Crippen LogP contribution is -2.18. The van der Waals surface area contributed by atoms with Crippen molar-refractivity contribution in [3.8, 4) is 5.75 Å². The van der Waals surface area contributed by atoms with Crippen LogP contribution >= 0.6 is 39.1 Å². The molecule has 0 radical (unpaired) electrons. The first-order chi connectivity index (χ1) is 9.56. The Balaban J connectivity index is 2.51. The van der Waals surface area contributed by atoms with Crippen LogP contribution in [0.4, 0.5) is 0 Å². The highest BCUT2D eigenvalue weighted by molar-refractivity contribution is 9.10. The largest absolute Gasteiger partial charge is 0.496 e. The molecule has 106 valence electrons. The molecule has 0 bridgehead atoms. The minimum Gasteiger partial charge on any atom is -0.496 e. The third-order valence-corrected chi connectivity index (χ3v) is 4.30.